The summed E-state index contributed by atoms with van der Waals surface area (Å²) in [6.45, 7) is 45.6. The second-order valence-electron chi connectivity index (χ2n) is 3.52. The van der Waals surface area contributed by atoms with Gasteiger partial charge in [-0.25, -0.2) is 19.4 Å². The summed E-state index contributed by atoms with van der Waals surface area (Å²) in [6.07, 6.45) is 3.27. The molecular formula is C32H83Cl3Na4O7. The quantitative estimate of drug-likeness (QED) is 0.172. The molecule has 14 heteroatoms. The van der Waals surface area contributed by atoms with E-state index in [9.17, 15) is 14.4 Å². The molecule has 0 radical (unpaired) electrons. The van der Waals surface area contributed by atoms with Crippen LogP contribution >= 0.6 is 24.0 Å². The van der Waals surface area contributed by atoms with Gasteiger partial charge in [0.1, 0.15) is 0 Å². The second kappa shape index (κ2) is 264. The number of hydrogen-bond donors (Lipinski definition) is 0. The van der Waals surface area contributed by atoms with Gasteiger partial charge in [0, 0.05) is 29.2 Å². The summed E-state index contributed by atoms with van der Waals surface area (Å²) in [5.74, 6) is -0.996. The van der Waals surface area contributed by atoms with E-state index in [-0.39, 0.29) is 103 Å². The van der Waals surface area contributed by atoms with Crippen LogP contribution in [0.4, 0.5) is 0 Å². The van der Waals surface area contributed by atoms with Crippen LogP contribution in [0.2, 0.25) is 0 Å². The summed E-state index contributed by atoms with van der Waals surface area (Å²) in [7, 11) is 0. The molecule has 7 nitrogen and oxygen atoms in total. The Morgan fingerprint density at radius 2 is 0.609 bits per heavy atom. The molecule has 0 aliphatic heterocycles. The van der Waals surface area contributed by atoms with Crippen molar-refractivity contribution in [3.05, 3.63) is 9.93 Å². The third-order valence-corrected chi connectivity index (χ3v) is 1.77. The van der Waals surface area contributed by atoms with Gasteiger partial charge in [-0.2, -0.15) is 0 Å². The van der Waals surface area contributed by atoms with Crippen LogP contribution in [0.3, 0.4) is 0 Å². The monoisotopic (exact) mass is 776 g/mol. The molecule has 0 spiro atoms. The van der Waals surface area contributed by atoms with Gasteiger partial charge in [-0.3, -0.25) is 4.79 Å². The van der Waals surface area contributed by atoms with Crippen molar-refractivity contribution >= 4 is 84.8 Å². The zero-order chi connectivity index (χ0) is 38.4. The fourth-order valence-corrected chi connectivity index (χ4v) is 0.970. The summed E-state index contributed by atoms with van der Waals surface area (Å²) in [5.41, 5.74) is 0. The number of halogens is 3. The topological polar surface area (TPSA) is 104 Å². The molecule has 0 aliphatic carbocycles. The summed E-state index contributed by atoms with van der Waals surface area (Å²) in [4.78, 5) is 53.5. The van der Waals surface area contributed by atoms with E-state index in [2.05, 4.69) is 9.78 Å². The van der Waals surface area contributed by atoms with E-state index in [1.165, 1.54) is 43.6 Å². The second-order valence-corrected chi connectivity index (χ2v) is 3.94. The van der Waals surface area contributed by atoms with Crippen molar-refractivity contribution in [1.29, 1.82) is 0 Å². The molecule has 0 fully saturated rings. The van der Waals surface area contributed by atoms with Crippen LogP contribution in [0.25, 0.3) is 0 Å². The molecule has 0 bridgehead atoms. The molecule has 46 heavy (non-hydrogen) atoms. The Labute approximate surface area is 384 Å². The van der Waals surface area contributed by atoms with Crippen LogP contribution in [0.5, 0.6) is 0 Å². The number of rotatable bonds is 6. The third kappa shape index (κ3) is 343. The molecular weight excluding hydrogens is 695 g/mol. The molecule has 0 atom stereocenters. The Bertz CT molecular complexity index is 295. The van der Waals surface area contributed by atoms with E-state index in [1.807, 2.05) is 159 Å². The third-order valence-electron chi connectivity index (χ3n) is 1.58. The Balaban J connectivity index is -0.0000000116. The summed E-state index contributed by atoms with van der Waals surface area (Å²) in [5, 5.41) is -0.238. The number of carbonyl (C=O) groups is 3. The Morgan fingerprint density at radius 3 is 0.674 bits per heavy atom. The van der Waals surface area contributed by atoms with Gasteiger partial charge in [-0.15, -0.1) is 12.4 Å². The first-order valence-electron chi connectivity index (χ1n) is 17.2. The van der Waals surface area contributed by atoms with E-state index in [1.54, 1.807) is 0 Å². The van der Waals surface area contributed by atoms with Crippen molar-refractivity contribution in [2.45, 2.75) is 198 Å². The van der Waals surface area contributed by atoms with Crippen LogP contribution in [0.15, 0.2) is 0 Å². The average molecular weight is 778 g/mol. The van der Waals surface area contributed by atoms with Gasteiger partial charge in [0.25, 0.3) is 0 Å². The van der Waals surface area contributed by atoms with Crippen LogP contribution in [-0.4, -0.2) is 60.8 Å². The van der Waals surface area contributed by atoms with Gasteiger partial charge in [0.15, 0.2) is 0 Å². The minimum atomic E-state index is -0.498. The molecule has 0 aromatic carbocycles. The maximum absolute atomic E-state index is 10.7. The standard InChI is InChI=1S/C8H14O4.C4H7ClO.10C2H6.2ClH.4Na.O2.H/c1-3-5-7(9)11-12-8(10)6-4-2;1-2-3-4(5)6;10*1-2;;;;;;;1-2;/h3-6H2,1-2H3;2-3H2,1H3;10*1-2H3;2*1H;;;;;;/q;;;;;;;;;;;;;;;;2*+1;;-1/p-1. The average Bonchev–Trinajstić information content (AvgIpc) is 3.11. The fourth-order valence-electron chi connectivity index (χ4n) is 0.781. The van der Waals surface area contributed by atoms with Gasteiger partial charge < -0.3 is 13.8 Å². The molecule has 0 amide bonds. The molecule has 0 saturated carbocycles. The van der Waals surface area contributed by atoms with Gasteiger partial charge in [-0.05, 0) is 30.9 Å². The van der Waals surface area contributed by atoms with Crippen molar-refractivity contribution in [2.24, 2.45) is 0 Å². The molecule has 0 aliphatic rings. The zero-order valence-corrected chi connectivity index (χ0v) is 47.1. The first-order valence-corrected chi connectivity index (χ1v) is 25.6. The van der Waals surface area contributed by atoms with Crippen molar-refractivity contribution in [2.75, 3.05) is 0 Å². The van der Waals surface area contributed by atoms with E-state index in [0.29, 0.717) is 19.3 Å². The molecule has 0 saturated heterocycles. The molecule has 278 valence electrons. The van der Waals surface area contributed by atoms with Crippen molar-refractivity contribution in [3.8, 4) is 0 Å². The van der Waals surface area contributed by atoms with E-state index < -0.39 is 11.9 Å². The molecule has 0 N–H and O–H groups in total. The normalized spacial score (nSPS) is 5.04. The van der Waals surface area contributed by atoms with E-state index in [0.717, 1.165) is 6.42 Å². The van der Waals surface area contributed by atoms with Crippen LogP contribution in [0.1, 0.15) is 199 Å². The molecule has 0 aromatic rings. The SMILES string of the molecule is CC.CC.CC.CC.CC.CC.CC.CC.CC.CC.CCCC(=O)Cl.CCCC(=O)OOC(=O)CCC.Cl.O=O.[Cl-].[H-].[Na+].[Na+].[Na][Na]. The number of hydrogen-bond acceptors (Lipinski definition) is 7. The summed E-state index contributed by atoms with van der Waals surface area (Å²) < 4.78 is 0. The van der Waals surface area contributed by atoms with Crippen molar-refractivity contribution < 1.29 is 97.1 Å². The minimum absolute atomic E-state index is 0. The molecule has 0 aromatic heterocycles. The van der Waals surface area contributed by atoms with Gasteiger partial charge in [0.05, 0.1) is 0 Å². The summed E-state index contributed by atoms with van der Waals surface area (Å²) in [6, 6.07) is 0. The van der Waals surface area contributed by atoms with Crippen molar-refractivity contribution in [1.82, 2.24) is 0 Å². The van der Waals surface area contributed by atoms with Crippen LogP contribution in [0, 0.1) is 9.93 Å². The maximum atomic E-state index is 10.7. The predicted octanol–water partition coefficient (Wildman–Crippen LogP) is 4.25. The van der Waals surface area contributed by atoms with Crippen molar-refractivity contribution in [3.63, 3.8) is 0 Å². The van der Waals surface area contributed by atoms with Gasteiger partial charge in [-0.1, -0.05) is 159 Å². The molecule has 0 rings (SSSR count). The van der Waals surface area contributed by atoms with E-state index >= 15 is 0 Å². The predicted molar refractivity (Wildman–Crippen MR) is 208 cm³/mol. The van der Waals surface area contributed by atoms with Gasteiger partial charge in [0.2, 0.25) is 5.24 Å². The fraction of sp³-hybridized carbons (Fsp3) is 0.906. The Morgan fingerprint density at radius 1 is 0.478 bits per heavy atom. The summed E-state index contributed by atoms with van der Waals surface area (Å²) >= 11 is 7.83. The Hall–Kier alpha value is 3.08. The van der Waals surface area contributed by atoms with Crippen LogP contribution < -0.4 is 71.5 Å². The van der Waals surface area contributed by atoms with Gasteiger partial charge >= 0.3 is 115 Å². The number of carbonyl (C=O) groups excluding carboxylic acids is 3. The first kappa shape index (κ1) is 117. The van der Waals surface area contributed by atoms with E-state index in [4.69, 9.17) is 21.5 Å². The Kier molecular flexibility index (Phi) is 675. The first-order chi connectivity index (χ1) is 20.5. The zero-order valence-electron chi connectivity index (χ0n) is 37.8. The molecule has 0 heterocycles. The molecule has 0 unspecified atom stereocenters. The van der Waals surface area contributed by atoms with Crippen LogP contribution in [-0.2, 0) is 24.2 Å².